The summed E-state index contributed by atoms with van der Waals surface area (Å²) in [4.78, 5) is 9.18. The lowest BCUT2D eigenvalue weighted by atomic mass is 10.1. The van der Waals surface area contributed by atoms with Crippen LogP contribution in [0.15, 0.2) is 16.7 Å². The fraction of sp³-hybridized carbons (Fsp3) is 0.500. The predicted octanol–water partition coefficient (Wildman–Crippen LogP) is 3.41. The van der Waals surface area contributed by atoms with Crippen LogP contribution in [-0.2, 0) is 6.54 Å². The molecular formula is C16H23N3O. The van der Waals surface area contributed by atoms with Gasteiger partial charge in [-0.3, -0.25) is 0 Å². The number of hydrogen-bond donors (Lipinski definition) is 1. The summed E-state index contributed by atoms with van der Waals surface area (Å²) >= 11 is 0. The maximum absolute atomic E-state index is 5.47. The van der Waals surface area contributed by atoms with Crippen LogP contribution >= 0.6 is 0 Å². The fourth-order valence-electron chi connectivity index (χ4n) is 2.18. The molecule has 0 unspecified atom stereocenters. The van der Waals surface area contributed by atoms with E-state index in [2.05, 4.69) is 29.1 Å². The molecule has 0 saturated carbocycles. The van der Waals surface area contributed by atoms with Crippen molar-refractivity contribution in [2.24, 2.45) is 5.92 Å². The average Bonchev–Trinajstić information content (AvgIpc) is 2.78. The van der Waals surface area contributed by atoms with E-state index in [0.29, 0.717) is 11.7 Å². The second-order valence-corrected chi connectivity index (χ2v) is 5.65. The molecule has 0 radical (unpaired) electrons. The van der Waals surface area contributed by atoms with Gasteiger partial charge in [-0.2, -0.15) is 0 Å². The Balaban J connectivity index is 2.23. The summed E-state index contributed by atoms with van der Waals surface area (Å²) in [6.07, 6.45) is 1.68. The first-order chi connectivity index (χ1) is 9.49. The fourth-order valence-corrected chi connectivity index (χ4v) is 2.18. The Bertz CT molecular complexity index is 564. The van der Waals surface area contributed by atoms with Crippen LogP contribution in [0.25, 0.3) is 11.6 Å². The summed E-state index contributed by atoms with van der Waals surface area (Å²) in [5, 5.41) is 3.44. The Kier molecular flexibility index (Phi) is 4.55. The Morgan fingerprint density at radius 1 is 1.15 bits per heavy atom. The molecule has 20 heavy (non-hydrogen) atoms. The van der Waals surface area contributed by atoms with E-state index >= 15 is 0 Å². The molecule has 0 amide bonds. The van der Waals surface area contributed by atoms with Crippen LogP contribution in [0.1, 0.15) is 36.4 Å². The molecule has 0 saturated heterocycles. The molecule has 0 aliphatic carbocycles. The van der Waals surface area contributed by atoms with Gasteiger partial charge in [-0.15, -0.1) is 0 Å². The second kappa shape index (κ2) is 6.18. The van der Waals surface area contributed by atoms with E-state index in [-0.39, 0.29) is 0 Å². The smallest absolute Gasteiger partial charge is 0.196 e. The van der Waals surface area contributed by atoms with Gasteiger partial charge < -0.3 is 9.73 Å². The van der Waals surface area contributed by atoms with Crippen LogP contribution < -0.4 is 5.32 Å². The first kappa shape index (κ1) is 14.7. The lowest BCUT2D eigenvalue weighted by Crippen LogP contribution is -2.21. The van der Waals surface area contributed by atoms with E-state index in [4.69, 9.17) is 4.42 Å². The maximum Gasteiger partial charge on any atom is 0.196 e. The number of aryl methyl sites for hydroxylation is 3. The van der Waals surface area contributed by atoms with Gasteiger partial charge in [-0.05, 0) is 44.9 Å². The van der Waals surface area contributed by atoms with Crippen molar-refractivity contribution >= 4 is 0 Å². The highest BCUT2D eigenvalue weighted by atomic mass is 16.3. The monoisotopic (exact) mass is 273 g/mol. The number of furan rings is 1. The summed E-state index contributed by atoms with van der Waals surface area (Å²) in [7, 11) is 0. The minimum absolute atomic E-state index is 0.640. The summed E-state index contributed by atoms with van der Waals surface area (Å²) in [6.45, 7) is 12.3. The molecule has 4 nitrogen and oxygen atoms in total. The molecule has 0 aliphatic heterocycles. The van der Waals surface area contributed by atoms with Gasteiger partial charge in [0.25, 0.3) is 0 Å². The Labute approximate surface area is 120 Å². The van der Waals surface area contributed by atoms with Crippen molar-refractivity contribution in [3.05, 3.63) is 34.8 Å². The van der Waals surface area contributed by atoms with Gasteiger partial charge in [0.05, 0.1) is 6.26 Å². The van der Waals surface area contributed by atoms with Crippen molar-refractivity contribution in [1.82, 2.24) is 15.3 Å². The van der Waals surface area contributed by atoms with Crippen molar-refractivity contribution < 1.29 is 4.42 Å². The van der Waals surface area contributed by atoms with E-state index in [0.717, 1.165) is 35.8 Å². The second-order valence-electron chi connectivity index (χ2n) is 5.65. The van der Waals surface area contributed by atoms with Crippen LogP contribution in [-0.4, -0.2) is 16.5 Å². The molecule has 0 bridgehead atoms. The molecule has 0 atom stereocenters. The quantitative estimate of drug-likeness (QED) is 0.907. The maximum atomic E-state index is 5.47. The van der Waals surface area contributed by atoms with Crippen molar-refractivity contribution in [2.75, 3.05) is 6.54 Å². The Hall–Kier alpha value is -1.68. The Morgan fingerprint density at radius 2 is 1.80 bits per heavy atom. The number of nitrogens with one attached hydrogen (secondary N) is 1. The SMILES string of the molecule is Cc1ccoc1-c1nc(C)c(CNCC(C)C)c(C)n1. The van der Waals surface area contributed by atoms with Crippen molar-refractivity contribution in [3.8, 4) is 11.6 Å². The molecule has 2 rings (SSSR count). The molecule has 4 heteroatoms. The first-order valence-electron chi connectivity index (χ1n) is 7.08. The van der Waals surface area contributed by atoms with E-state index in [1.807, 2.05) is 26.8 Å². The largest absolute Gasteiger partial charge is 0.461 e. The minimum Gasteiger partial charge on any atom is -0.461 e. The van der Waals surface area contributed by atoms with Gasteiger partial charge >= 0.3 is 0 Å². The molecule has 0 aliphatic rings. The van der Waals surface area contributed by atoms with Crippen LogP contribution in [0.3, 0.4) is 0 Å². The van der Waals surface area contributed by atoms with Crippen molar-refractivity contribution in [1.29, 1.82) is 0 Å². The average molecular weight is 273 g/mol. The molecule has 0 fully saturated rings. The topological polar surface area (TPSA) is 51.0 Å². The van der Waals surface area contributed by atoms with E-state index in [9.17, 15) is 0 Å². The lowest BCUT2D eigenvalue weighted by molar-refractivity contribution is 0.548. The molecule has 0 aromatic carbocycles. The van der Waals surface area contributed by atoms with Gasteiger partial charge in [0.2, 0.25) is 0 Å². The van der Waals surface area contributed by atoms with Crippen LogP contribution in [0.5, 0.6) is 0 Å². The molecule has 2 aromatic rings. The number of hydrogen-bond acceptors (Lipinski definition) is 4. The van der Waals surface area contributed by atoms with E-state index in [1.165, 1.54) is 5.56 Å². The highest BCUT2D eigenvalue weighted by Gasteiger charge is 2.13. The van der Waals surface area contributed by atoms with Gasteiger partial charge in [0.1, 0.15) is 0 Å². The molecule has 2 heterocycles. The molecule has 108 valence electrons. The highest BCUT2D eigenvalue weighted by Crippen LogP contribution is 2.22. The highest BCUT2D eigenvalue weighted by molar-refractivity contribution is 5.53. The van der Waals surface area contributed by atoms with Crippen molar-refractivity contribution in [2.45, 2.75) is 41.2 Å². The molecule has 0 spiro atoms. The molecule has 2 aromatic heterocycles. The summed E-state index contributed by atoms with van der Waals surface area (Å²) in [5.41, 5.74) is 4.27. The van der Waals surface area contributed by atoms with Crippen LogP contribution in [0.4, 0.5) is 0 Å². The summed E-state index contributed by atoms with van der Waals surface area (Å²) in [5.74, 6) is 2.08. The van der Waals surface area contributed by atoms with Crippen molar-refractivity contribution in [3.63, 3.8) is 0 Å². The van der Waals surface area contributed by atoms with Gasteiger partial charge in [-0.1, -0.05) is 13.8 Å². The van der Waals surface area contributed by atoms with Gasteiger partial charge in [0.15, 0.2) is 11.6 Å². The van der Waals surface area contributed by atoms with Gasteiger partial charge in [0, 0.05) is 23.5 Å². The van der Waals surface area contributed by atoms with Gasteiger partial charge in [-0.25, -0.2) is 9.97 Å². The zero-order valence-electron chi connectivity index (χ0n) is 12.9. The molecular weight excluding hydrogens is 250 g/mol. The third kappa shape index (κ3) is 3.25. The summed E-state index contributed by atoms with van der Waals surface area (Å²) < 4.78 is 5.47. The Morgan fingerprint density at radius 3 is 2.30 bits per heavy atom. The zero-order chi connectivity index (χ0) is 14.7. The van der Waals surface area contributed by atoms with E-state index < -0.39 is 0 Å². The predicted molar refractivity (Wildman–Crippen MR) is 80.5 cm³/mol. The lowest BCUT2D eigenvalue weighted by Gasteiger charge is -2.12. The van der Waals surface area contributed by atoms with Crippen LogP contribution in [0, 0.1) is 26.7 Å². The minimum atomic E-state index is 0.640. The van der Waals surface area contributed by atoms with E-state index in [1.54, 1.807) is 6.26 Å². The molecule has 1 N–H and O–H groups in total. The third-order valence-electron chi connectivity index (χ3n) is 3.34. The number of nitrogens with zero attached hydrogens (tertiary/aromatic N) is 2. The normalized spacial score (nSPS) is 11.3. The number of aromatic nitrogens is 2. The standard InChI is InChI=1S/C16H23N3O/c1-10(2)8-17-9-14-12(4)18-16(19-13(14)5)15-11(3)6-7-20-15/h6-7,10,17H,8-9H2,1-5H3. The van der Waals surface area contributed by atoms with Crippen LogP contribution in [0.2, 0.25) is 0 Å². The third-order valence-corrected chi connectivity index (χ3v) is 3.34. The number of rotatable bonds is 5. The zero-order valence-corrected chi connectivity index (χ0v) is 12.9. The summed E-state index contributed by atoms with van der Waals surface area (Å²) in [6, 6.07) is 1.93. The first-order valence-corrected chi connectivity index (χ1v) is 7.08.